The van der Waals surface area contributed by atoms with Gasteiger partial charge in [-0.3, -0.25) is 4.79 Å². The van der Waals surface area contributed by atoms with Crippen molar-refractivity contribution in [3.8, 4) is 10.6 Å². The van der Waals surface area contributed by atoms with E-state index in [-0.39, 0.29) is 11.9 Å². The van der Waals surface area contributed by atoms with Gasteiger partial charge in [-0.1, -0.05) is 0 Å². The smallest absolute Gasteiger partial charge is 0.263 e. The molecule has 1 amide bonds. The third-order valence-corrected chi connectivity index (χ3v) is 4.99. The molecule has 0 spiro atoms. The molecule has 0 aliphatic heterocycles. The molecule has 0 bridgehead atoms. The van der Waals surface area contributed by atoms with Crippen LogP contribution >= 0.6 is 11.3 Å². The van der Waals surface area contributed by atoms with Gasteiger partial charge >= 0.3 is 0 Å². The van der Waals surface area contributed by atoms with E-state index in [2.05, 4.69) is 46.0 Å². The predicted octanol–water partition coefficient (Wildman–Crippen LogP) is 4.19. The van der Waals surface area contributed by atoms with Crippen LogP contribution in [0, 0.1) is 6.92 Å². The first-order chi connectivity index (χ1) is 11.4. The molecular formula is C18H22N4OS. The van der Waals surface area contributed by atoms with E-state index >= 15 is 0 Å². The molecule has 24 heavy (non-hydrogen) atoms. The summed E-state index contributed by atoms with van der Waals surface area (Å²) in [5.41, 5.74) is 2.74. The van der Waals surface area contributed by atoms with Gasteiger partial charge < -0.3 is 9.88 Å². The topological polar surface area (TPSA) is 59.8 Å². The number of hydrogen-bond donors (Lipinski definition) is 1. The average molecular weight is 342 g/mol. The van der Waals surface area contributed by atoms with Crippen molar-refractivity contribution in [1.82, 2.24) is 19.9 Å². The molecule has 1 N–H and O–H groups in total. The summed E-state index contributed by atoms with van der Waals surface area (Å²) in [4.78, 5) is 22.2. The van der Waals surface area contributed by atoms with Gasteiger partial charge in [0.15, 0.2) is 0 Å². The minimum absolute atomic E-state index is 0.0584. The Morgan fingerprint density at radius 3 is 2.71 bits per heavy atom. The monoisotopic (exact) mass is 342 g/mol. The fourth-order valence-electron chi connectivity index (χ4n) is 2.70. The highest BCUT2D eigenvalue weighted by atomic mass is 32.1. The summed E-state index contributed by atoms with van der Waals surface area (Å²) < 4.78 is 2.15. The largest absolute Gasteiger partial charge is 0.349 e. The van der Waals surface area contributed by atoms with Crippen molar-refractivity contribution in [3.05, 3.63) is 35.1 Å². The molecule has 0 aliphatic carbocycles. The van der Waals surface area contributed by atoms with Crippen molar-refractivity contribution in [2.45, 2.75) is 46.7 Å². The standard InChI is InChI=1S/C18H22N4OS/c1-10(2)20-17(23)15-12(5)21-18(24-15)14-9-22(11(3)4)16-13(14)7-6-8-19-16/h6-11H,1-5H3,(H,20,23). The second kappa shape index (κ2) is 6.36. The highest BCUT2D eigenvalue weighted by molar-refractivity contribution is 7.17. The summed E-state index contributed by atoms with van der Waals surface area (Å²) >= 11 is 1.44. The second-order valence-corrected chi connectivity index (χ2v) is 7.48. The summed E-state index contributed by atoms with van der Waals surface area (Å²) in [6, 6.07) is 4.40. The van der Waals surface area contributed by atoms with Crippen molar-refractivity contribution in [2.24, 2.45) is 0 Å². The molecule has 0 saturated carbocycles. The van der Waals surface area contributed by atoms with Crippen LogP contribution in [-0.4, -0.2) is 26.5 Å². The average Bonchev–Trinajstić information content (AvgIpc) is 3.07. The number of thiazole rings is 1. The van der Waals surface area contributed by atoms with Gasteiger partial charge in [0.05, 0.1) is 5.69 Å². The first kappa shape index (κ1) is 16.6. The third kappa shape index (κ3) is 2.94. The van der Waals surface area contributed by atoms with Gasteiger partial charge in [0.25, 0.3) is 5.91 Å². The Kier molecular flexibility index (Phi) is 4.41. The van der Waals surface area contributed by atoms with Crippen LogP contribution in [0.25, 0.3) is 21.6 Å². The van der Waals surface area contributed by atoms with E-state index in [1.54, 1.807) is 6.20 Å². The molecule has 3 aromatic rings. The van der Waals surface area contributed by atoms with Gasteiger partial charge in [0.2, 0.25) is 0 Å². The summed E-state index contributed by atoms with van der Waals surface area (Å²) in [6.45, 7) is 10.1. The zero-order valence-corrected chi connectivity index (χ0v) is 15.4. The highest BCUT2D eigenvalue weighted by Crippen LogP contribution is 2.35. The Hall–Kier alpha value is -2.21. The SMILES string of the molecule is Cc1nc(-c2cn(C(C)C)c3ncccc23)sc1C(=O)NC(C)C. The van der Waals surface area contributed by atoms with Crippen LogP contribution in [-0.2, 0) is 0 Å². The Balaban J connectivity index is 2.10. The van der Waals surface area contributed by atoms with Crippen LogP contribution in [0.2, 0.25) is 0 Å². The molecule has 126 valence electrons. The summed E-state index contributed by atoms with van der Waals surface area (Å²) in [5, 5.41) is 4.86. The van der Waals surface area contributed by atoms with Crippen molar-refractivity contribution in [2.75, 3.05) is 0 Å². The number of aryl methyl sites for hydroxylation is 1. The predicted molar refractivity (Wildman–Crippen MR) is 98.6 cm³/mol. The molecular weight excluding hydrogens is 320 g/mol. The van der Waals surface area contributed by atoms with Gasteiger partial charge in [-0.2, -0.15) is 0 Å². The quantitative estimate of drug-likeness (QED) is 0.773. The minimum Gasteiger partial charge on any atom is -0.349 e. The zero-order chi connectivity index (χ0) is 17.4. The lowest BCUT2D eigenvalue weighted by Crippen LogP contribution is -2.29. The molecule has 0 aliphatic rings. The Morgan fingerprint density at radius 2 is 2.04 bits per heavy atom. The number of carbonyl (C=O) groups is 1. The molecule has 3 aromatic heterocycles. The second-order valence-electron chi connectivity index (χ2n) is 6.48. The van der Waals surface area contributed by atoms with E-state index in [9.17, 15) is 4.79 Å². The lowest BCUT2D eigenvalue weighted by atomic mass is 10.2. The van der Waals surface area contributed by atoms with Gasteiger partial charge in [-0.05, 0) is 46.8 Å². The molecule has 0 saturated heterocycles. The maximum absolute atomic E-state index is 12.3. The maximum Gasteiger partial charge on any atom is 0.263 e. The summed E-state index contributed by atoms with van der Waals surface area (Å²) in [7, 11) is 0. The van der Waals surface area contributed by atoms with Gasteiger partial charge in [0, 0.05) is 35.4 Å². The van der Waals surface area contributed by atoms with E-state index in [0.717, 1.165) is 27.3 Å². The van der Waals surface area contributed by atoms with Gasteiger partial charge in [-0.25, -0.2) is 9.97 Å². The fourth-order valence-corrected chi connectivity index (χ4v) is 3.69. The fraction of sp³-hybridized carbons (Fsp3) is 0.389. The zero-order valence-electron chi connectivity index (χ0n) is 14.6. The van der Waals surface area contributed by atoms with Crippen LogP contribution in [0.3, 0.4) is 0 Å². The molecule has 3 rings (SSSR count). The normalized spacial score (nSPS) is 11.6. The number of rotatable bonds is 4. The number of carbonyl (C=O) groups excluding carboxylic acids is 1. The summed E-state index contributed by atoms with van der Waals surface area (Å²) in [6.07, 6.45) is 3.89. The van der Waals surface area contributed by atoms with Crippen LogP contribution in [0.1, 0.15) is 49.1 Å². The summed E-state index contributed by atoms with van der Waals surface area (Å²) in [5.74, 6) is -0.0584. The van der Waals surface area contributed by atoms with Crippen LogP contribution in [0.5, 0.6) is 0 Å². The first-order valence-electron chi connectivity index (χ1n) is 8.12. The van der Waals surface area contributed by atoms with Crippen molar-refractivity contribution < 1.29 is 4.79 Å². The van der Waals surface area contributed by atoms with E-state index in [0.29, 0.717) is 10.9 Å². The molecule has 0 radical (unpaired) electrons. The van der Waals surface area contributed by atoms with Crippen molar-refractivity contribution in [3.63, 3.8) is 0 Å². The Labute approximate surface area is 145 Å². The van der Waals surface area contributed by atoms with Crippen molar-refractivity contribution in [1.29, 1.82) is 0 Å². The van der Waals surface area contributed by atoms with E-state index in [1.807, 2.05) is 26.8 Å². The minimum atomic E-state index is -0.0584. The lowest BCUT2D eigenvalue weighted by molar-refractivity contribution is 0.0946. The molecule has 0 unspecified atom stereocenters. The van der Waals surface area contributed by atoms with Gasteiger partial charge in [0.1, 0.15) is 15.5 Å². The number of nitrogens with zero attached hydrogens (tertiary/aromatic N) is 3. The van der Waals surface area contributed by atoms with Crippen LogP contribution in [0.4, 0.5) is 0 Å². The number of nitrogens with one attached hydrogen (secondary N) is 1. The Morgan fingerprint density at radius 1 is 1.29 bits per heavy atom. The van der Waals surface area contributed by atoms with Crippen molar-refractivity contribution >= 4 is 28.3 Å². The lowest BCUT2D eigenvalue weighted by Gasteiger charge is -2.07. The molecule has 0 atom stereocenters. The molecule has 0 aromatic carbocycles. The molecule has 3 heterocycles. The van der Waals surface area contributed by atoms with E-state index in [4.69, 9.17) is 0 Å². The molecule has 6 heteroatoms. The number of hydrogen-bond acceptors (Lipinski definition) is 4. The van der Waals surface area contributed by atoms with Crippen LogP contribution < -0.4 is 5.32 Å². The molecule has 0 fully saturated rings. The number of aromatic nitrogens is 3. The maximum atomic E-state index is 12.3. The van der Waals surface area contributed by atoms with Crippen LogP contribution in [0.15, 0.2) is 24.5 Å². The highest BCUT2D eigenvalue weighted by Gasteiger charge is 2.20. The number of fused-ring (bicyclic) bond motifs is 1. The first-order valence-corrected chi connectivity index (χ1v) is 8.94. The van der Waals surface area contributed by atoms with E-state index < -0.39 is 0 Å². The third-order valence-electron chi connectivity index (χ3n) is 3.80. The Bertz CT molecular complexity index is 892. The number of pyridine rings is 1. The van der Waals surface area contributed by atoms with E-state index in [1.165, 1.54) is 11.3 Å². The number of amides is 1. The molecule has 5 nitrogen and oxygen atoms in total. The van der Waals surface area contributed by atoms with Gasteiger partial charge in [-0.15, -0.1) is 11.3 Å².